The van der Waals surface area contributed by atoms with Gasteiger partial charge in [0.15, 0.2) is 5.82 Å². The molecule has 12 rings (SSSR count). The van der Waals surface area contributed by atoms with Gasteiger partial charge in [-0.05, 0) is 90.6 Å². The molecule has 2 heterocycles. The molecule has 0 saturated carbocycles. The van der Waals surface area contributed by atoms with Gasteiger partial charge in [-0.25, -0.2) is 9.97 Å². The standard InChI is InChI=1S/C56H35N3/c1-3-16-37(17-4-1)56-57-51(39-28-29-47-46-25-13-14-26-53(46)59(54(47)34-39)40-19-5-2-6-20-40)35-52(58-56)45-31-32-48(44-24-12-11-23-43(44)45)55-42-22-10-8-18-38(42)33-50-41-21-9-7-15-36(41)27-30-49(50)55/h1-35H. The van der Waals surface area contributed by atoms with Gasteiger partial charge in [-0.15, -0.1) is 0 Å². The molecule has 2 aromatic heterocycles. The summed E-state index contributed by atoms with van der Waals surface area (Å²) < 4.78 is 2.36. The number of hydrogen-bond donors (Lipinski definition) is 0. The molecule has 0 spiro atoms. The molecule has 10 aromatic carbocycles. The fraction of sp³-hybridized carbons (Fsp3) is 0. The van der Waals surface area contributed by atoms with Crippen molar-refractivity contribution >= 4 is 64.9 Å². The van der Waals surface area contributed by atoms with Crippen LogP contribution < -0.4 is 0 Å². The zero-order chi connectivity index (χ0) is 38.9. The number of benzene rings is 10. The van der Waals surface area contributed by atoms with Crippen LogP contribution in [0, 0.1) is 0 Å². The van der Waals surface area contributed by atoms with Crippen molar-refractivity contribution in [2.24, 2.45) is 0 Å². The maximum atomic E-state index is 5.33. The van der Waals surface area contributed by atoms with Gasteiger partial charge in [0.25, 0.3) is 0 Å². The SMILES string of the molecule is c1ccc(-c2nc(-c3ccc4c5ccccc5n(-c5ccccc5)c4c3)cc(-c3ccc(-c4c5ccccc5cc5c4ccc4ccccc45)c4ccccc34)n2)cc1. The van der Waals surface area contributed by atoms with Crippen LogP contribution in [0.3, 0.4) is 0 Å². The van der Waals surface area contributed by atoms with Gasteiger partial charge in [0.1, 0.15) is 0 Å². The first-order chi connectivity index (χ1) is 29.3. The summed E-state index contributed by atoms with van der Waals surface area (Å²) in [7, 11) is 0. The van der Waals surface area contributed by atoms with Crippen molar-refractivity contribution in [3.63, 3.8) is 0 Å². The molecule has 59 heavy (non-hydrogen) atoms. The van der Waals surface area contributed by atoms with E-state index in [0.29, 0.717) is 5.82 Å². The number of para-hydroxylation sites is 2. The van der Waals surface area contributed by atoms with Gasteiger partial charge >= 0.3 is 0 Å². The number of aromatic nitrogens is 3. The zero-order valence-corrected chi connectivity index (χ0v) is 32.0. The normalized spacial score (nSPS) is 11.7. The Bertz CT molecular complexity index is 3600. The summed E-state index contributed by atoms with van der Waals surface area (Å²) in [6.45, 7) is 0. The van der Waals surface area contributed by atoms with E-state index in [4.69, 9.17) is 9.97 Å². The quantitative estimate of drug-likeness (QED) is 0.130. The first-order valence-corrected chi connectivity index (χ1v) is 20.2. The molecule has 0 aliphatic heterocycles. The second kappa shape index (κ2) is 13.4. The molecule has 0 amide bonds. The molecule has 0 unspecified atom stereocenters. The minimum atomic E-state index is 0.696. The summed E-state index contributed by atoms with van der Waals surface area (Å²) in [5.74, 6) is 0.696. The fourth-order valence-corrected chi connectivity index (χ4v) is 9.29. The average Bonchev–Trinajstić information content (AvgIpc) is 3.64. The van der Waals surface area contributed by atoms with Crippen molar-refractivity contribution in [2.75, 3.05) is 0 Å². The molecular formula is C56H35N3. The summed E-state index contributed by atoms with van der Waals surface area (Å²) in [4.78, 5) is 10.6. The van der Waals surface area contributed by atoms with Crippen LogP contribution in [0.25, 0.3) is 116 Å². The van der Waals surface area contributed by atoms with E-state index in [1.807, 2.05) is 6.07 Å². The van der Waals surface area contributed by atoms with Crippen molar-refractivity contribution in [1.82, 2.24) is 14.5 Å². The molecule has 0 bridgehead atoms. The maximum Gasteiger partial charge on any atom is 0.160 e. The number of rotatable bonds is 5. The minimum Gasteiger partial charge on any atom is -0.309 e. The molecule has 0 aliphatic rings. The van der Waals surface area contributed by atoms with Crippen LogP contribution in [0.15, 0.2) is 212 Å². The highest BCUT2D eigenvalue weighted by Gasteiger charge is 2.19. The highest BCUT2D eigenvalue weighted by Crippen LogP contribution is 2.44. The van der Waals surface area contributed by atoms with Gasteiger partial charge in [0.2, 0.25) is 0 Å². The Morgan fingerprint density at radius 2 is 0.898 bits per heavy atom. The lowest BCUT2D eigenvalue weighted by Crippen LogP contribution is -1.97. The number of hydrogen-bond acceptors (Lipinski definition) is 2. The molecule has 0 radical (unpaired) electrons. The van der Waals surface area contributed by atoms with Crippen LogP contribution in [0.5, 0.6) is 0 Å². The molecule has 3 heteroatoms. The first-order valence-electron chi connectivity index (χ1n) is 20.2. The molecule has 12 aromatic rings. The van der Waals surface area contributed by atoms with Gasteiger partial charge in [0, 0.05) is 33.2 Å². The molecule has 0 aliphatic carbocycles. The fourth-order valence-electron chi connectivity index (χ4n) is 9.29. The van der Waals surface area contributed by atoms with E-state index in [1.165, 1.54) is 65.1 Å². The Labute approximate surface area is 341 Å². The average molecular weight is 750 g/mol. The van der Waals surface area contributed by atoms with Crippen molar-refractivity contribution in [2.45, 2.75) is 0 Å². The van der Waals surface area contributed by atoms with Crippen LogP contribution in [0.1, 0.15) is 0 Å². The summed E-state index contributed by atoms with van der Waals surface area (Å²) in [6.07, 6.45) is 0. The van der Waals surface area contributed by atoms with Crippen LogP contribution in [0.2, 0.25) is 0 Å². The third-order valence-corrected chi connectivity index (χ3v) is 12.0. The molecule has 0 N–H and O–H groups in total. The molecular weight excluding hydrogens is 715 g/mol. The largest absolute Gasteiger partial charge is 0.309 e. The van der Waals surface area contributed by atoms with E-state index in [1.54, 1.807) is 0 Å². The van der Waals surface area contributed by atoms with Crippen LogP contribution >= 0.6 is 0 Å². The topological polar surface area (TPSA) is 30.7 Å². The third-order valence-electron chi connectivity index (χ3n) is 12.0. The summed E-state index contributed by atoms with van der Waals surface area (Å²) >= 11 is 0. The lowest BCUT2D eigenvalue weighted by atomic mass is 9.86. The number of nitrogens with zero attached hydrogens (tertiary/aromatic N) is 3. The maximum absolute atomic E-state index is 5.33. The van der Waals surface area contributed by atoms with Crippen molar-refractivity contribution in [3.8, 4) is 50.7 Å². The smallest absolute Gasteiger partial charge is 0.160 e. The van der Waals surface area contributed by atoms with Gasteiger partial charge < -0.3 is 4.57 Å². The molecule has 0 saturated heterocycles. The second-order valence-electron chi connectivity index (χ2n) is 15.3. The summed E-state index contributed by atoms with van der Waals surface area (Å²) in [6, 6.07) is 76.3. The Morgan fingerprint density at radius 1 is 0.305 bits per heavy atom. The summed E-state index contributed by atoms with van der Waals surface area (Å²) in [5, 5.41) is 12.3. The molecule has 0 atom stereocenters. The summed E-state index contributed by atoms with van der Waals surface area (Å²) in [5.41, 5.74) is 10.7. The second-order valence-corrected chi connectivity index (χ2v) is 15.3. The van der Waals surface area contributed by atoms with Crippen LogP contribution in [-0.2, 0) is 0 Å². The minimum absolute atomic E-state index is 0.696. The third kappa shape index (κ3) is 5.36. The Hall–Kier alpha value is -7.88. The highest BCUT2D eigenvalue weighted by molar-refractivity contribution is 6.23. The van der Waals surface area contributed by atoms with Gasteiger partial charge in [-0.1, -0.05) is 176 Å². The highest BCUT2D eigenvalue weighted by atomic mass is 15.0. The van der Waals surface area contributed by atoms with E-state index in [0.717, 1.165) is 44.7 Å². The zero-order valence-electron chi connectivity index (χ0n) is 32.0. The van der Waals surface area contributed by atoms with E-state index in [9.17, 15) is 0 Å². The molecule has 274 valence electrons. The predicted molar refractivity (Wildman–Crippen MR) is 248 cm³/mol. The van der Waals surface area contributed by atoms with Gasteiger partial charge in [0.05, 0.1) is 22.4 Å². The lowest BCUT2D eigenvalue weighted by Gasteiger charge is -2.17. The lowest BCUT2D eigenvalue weighted by molar-refractivity contribution is 1.17. The van der Waals surface area contributed by atoms with E-state index >= 15 is 0 Å². The van der Waals surface area contributed by atoms with Gasteiger partial charge in [-0.3, -0.25) is 0 Å². The van der Waals surface area contributed by atoms with E-state index in [2.05, 4.69) is 211 Å². The number of fused-ring (bicyclic) bond motifs is 8. The Balaban J connectivity index is 1.10. The molecule has 0 fully saturated rings. The van der Waals surface area contributed by atoms with Crippen LogP contribution in [0.4, 0.5) is 0 Å². The Kier molecular flexibility index (Phi) is 7.54. The van der Waals surface area contributed by atoms with Crippen LogP contribution in [-0.4, -0.2) is 14.5 Å². The monoisotopic (exact) mass is 749 g/mol. The van der Waals surface area contributed by atoms with Crippen molar-refractivity contribution < 1.29 is 0 Å². The predicted octanol–water partition coefficient (Wildman–Crippen LogP) is 14.9. The van der Waals surface area contributed by atoms with Crippen molar-refractivity contribution in [1.29, 1.82) is 0 Å². The molecule has 3 nitrogen and oxygen atoms in total. The van der Waals surface area contributed by atoms with E-state index in [-0.39, 0.29) is 0 Å². The van der Waals surface area contributed by atoms with Crippen molar-refractivity contribution in [3.05, 3.63) is 212 Å². The van der Waals surface area contributed by atoms with E-state index < -0.39 is 0 Å². The van der Waals surface area contributed by atoms with Gasteiger partial charge in [-0.2, -0.15) is 0 Å². The Morgan fingerprint density at radius 3 is 1.71 bits per heavy atom. The first kappa shape index (κ1) is 33.3.